The number of carboxylic acids is 1. The summed E-state index contributed by atoms with van der Waals surface area (Å²) in [6.45, 7) is 2.62. The Morgan fingerprint density at radius 1 is 1.45 bits per heavy atom. The summed E-state index contributed by atoms with van der Waals surface area (Å²) in [6.07, 6.45) is 0.504. The summed E-state index contributed by atoms with van der Waals surface area (Å²) in [7, 11) is 1.59. The first-order valence-electron chi connectivity index (χ1n) is 6.44. The summed E-state index contributed by atoms with van der Waals surface area (Å²) >= 11 is 0. The molecule has 6 heteroatoms. The van der Waals surface area contributed by atoms with E-state index in [1.54, 1.807) is 19.2 Å². The Bertz CT molecular complexity index is 530. The second-order valence-corrected chi connectivity index (χ2v) is 4.88. The predicted octanol–water partition coefficient (Wildman–Crippen LogP) is 1.94. The molecule has 1 saturated heterocycles. The molecule has 1 atom stereocenters. The van der Waals surface area contributed by atoms with Crippen LogP contribution in [0.2, 0.25) is 0 Å². The van der Waals surface area contributed by atoms with Gasteiger partial charge in [-0.05, 0) is 37.1 Å². The number of likely N-dealkylation sites (tertiary alicyclic amines) is 1. The highest BCUT2D eigenvalue weighted by Crippen LogP contribution is 2.22. The molecule has 1 fully saturated rings. The molecule has 2 N–H and O–H groups in total. The number of carbonyl (C=O) groups is 2. The van der Waals surface area contributed by atoms with E-state index >= 15 is 0 Å². The Kier molecular flexibility index (Phi) is 4.12. The fraction of sp³-hybridized carbons (Fsp3) is 0.429. The number of nitrogens with one attached hydrogen (secondary N) is 1. The largest absolute Gasteiger partial charge is 0.496 e. The van der Waals surface area contributed by atoms with Gasteiger partial charge in [0, 0.05) is 18.8 Å². The molecule has 0 saturated carbocycles. The molecule has 6 nitrogen and oxygen atoms in total. The van der Waals surface area contributed by atoms with Crippen LogP contribution in [-0.4, -0.2) is 42.2 Å². The SMILES string of the molecule is COc1ccc(NC(=O)N2CCC(C(=O)O)C2)cc1C. The molecule has 2 amide bonds. The molecule has 2 rings (SSSR count). The third-order valence-corrected chi connectivity index (χ3v) is 3.47. The molecule has 1 aromatic rings. The quantitative estimate of drug-likeness (QED) is 0.885. The number of hydrogen-bond acceptors (Lipinski definition) is 3. The third kappa shape index (κ3) is 3.01. The number of anilines is 1. The van der Waals surface area contributed by atoms with Crippen molar-refractivity contribution in [1.82, 2.24) is 4.90 Å². The highest BCUT2D eigenvalue weighted by atomic mass is 16.5. The number of benzene rings is 1. The van der Waals surface area contributed by atoms with E-state index in [2.05, 4.69) is 5.32 Å². The molecular formula is C14H18N2O4. The first-order chi connectivity index (χ1) is 9.51. The maximum atomic E-state index is 12.0. The average Bonchev–Trinajstić information content (AvgIpc) is 2.88. The average molecular weight is 278 g/mol. The maximum Gasteiger partial charge on any atom is 0.321 e. The van der Waals surface area contributed by atoms with E-state index in [-0.39, 0.29) is 12.6 Å². The molecule has 0 spiro atoms. The van der Waals surface area contributed by atoms with Gasteiger partial charge in [0.25, 0.3) is 0 Å². The number of urea groups is 1. The number of carboxylic acid groups (broad SMARTS) is 1. The van der Waals surface area contributed by atoms with Crippen LogP contribution in [0.25, 0.3) is 0 Å². The highest BCUT2D eigenvalue weighted by molar-refractivity contribution is 5.90. The molecule has 1 aliphatic rings. The molecule has 1 aromatic carbocycles. The number of amides is 2. The number of aryl methyl sites for hydroxylation is 1. The van der Waals surface area contributed by atoms with E-state index in [0.29, 0.717) is 18.7 Å². The summed E-state index contributed by atoms with van der Waals surface area (Å²) in [5, 5.41) is 11.7. The van der Waals surface area contributed by atoms with Crippen molar-refractivity contribution in [2.75, 3.05) is 25.5 Å². The number of methoxy groups -OCH3 is 1. The van der Waals surface area contributed by atoms with E-state index in [1.165, 1.54) is 4.90 Å². The van der Waals surface area contributed by atoms with Crippen LogP contribution in [0.15, 0.2) is 18.2 Å². The second-order valence-electron chi connectivity index (χ2n) is 4.88. The lowest BCUT2D eigenvalue weighted by atomic mass is 10.1. The van der Waals surface area contributed by atoms with Crippen molar-refractivity contribution < 1.29 is 19.4 Å². The minimum absolute atomic E-state index is 0.260. The van der Waals surface area contributed by atoms with Crippen molar-refractivity contribution in [3.05, 3.63) is 23.8 Å². The first-order valence-corrected chi connectivity index (χ1v) is 6.44. The van der Waals surface area contributed by atoms with Gasteiger partial charge in [-0.3, -0.25) is 4.79 Å². The minimum atomic E-state index is -0.847. The topological polar surface area (TPSA) is 78.9 Å². The smallest absolute Gasteiger partial charge is 0.321 e. The van der Waals surface area contributed by atoms with Crippen LogP contribution in [0.4, 0.5) is 10.5 Å². The lowest BCUT2D eigenvalue weighted by Gasteiger charge is -2.17. The van der Waals surface area contributed by atoms with Gasteiger partial charge in [-0.15, -0.1) is 0 Å². The molecule has 108 valence electrons. The second kappa shape index (κ2) is 5.81. The molecule has 1 aliphatic heterocycles. The van der Waals surface area contributed by atoms with Gasteiger partial charge in [0.05, 0.1) is 13.0 Å². The number of rotatable bonds is 3. The fourth-order valence-electron chi connectivity index (χ4n) is 2.31. The van der Waals surface area contributed by atoms with Crippen LogP contribution in [0.3, 0.4) is 0 Å². The number of ether oxygens (including phenoxy) is 1. The molecule has 0 bridgehead atoms. The van der Waals surface area contributed by atoms with Crippen molar-refractivity contribution in [2.45, 2.75) is 13.3 Å². The van der Waals surface area contributed by atoms with Gasteiger partial charge in [-0.25, -0.2) is 4.79 Å². The third-order valence-electron chi connectivity index (χ3n) is 3.47. The highest BCUT2D eigenvalue weighted by Gasteiger charge is 2.30. The van der Waals surface area contributed by atoms with Gasteiger partial charge in [0.15, 0.2) is 0 Å². The molecule has 0 aliphatic carbocycles. The Balaban J connectivity index is 1.98. The monoisotopic (exact) mass is 278 g/mol. The number of aliphatic carboxylic acids is 1. The van der Waals surface area contributed by atoms with E-state index in [1.807, 2.05) is 13.0 Å². The molecular weight excluding hydrogens is 260 g/mol. The van der Waals surface area contributed by atoms with Crippen molar-refractivity contribution in [3.8, 4) is 5.75 Å². The lowest BCUT2D eigenvalue weighted by Crippen LogP contribution is -2.33. The predicted molar refractivity (Wildman–Crippen MR) is 74.1 cm³/mol. The van der Waals surface area contributed by atoms with Gasteiger partial charge in [0.1, 0.15) is 5.75 Å². The maximum absolute atomic E-state index is 12.0. The Morgan fingerprint density at radius 3 is 2.75 bits per heavy atom. The number of nitrogens with zero attached hydrogens (tertiary/aromatic N) is 1. The van der Waals surface area contributed by atoms with Crippen LogP contribution >= 0.6 is 0 Å². The summed E-state index contributed by atoms with van der Waals surface area (Å²) < 4.78 is 5.16. The zero-order chi connectivity index (χ0) is 14.7. The van der Waals surface area contributed by atoms with Crippen LogP contribution in [0, 0.1) is 12.8 Å². The van der Waals surface area contributed by atoms with Gasteiger partial charge < -0.3 is 20.1 Å². The van der Waals surface area contributed by atoms with Gasteiger partial charge >= 0.3 is 12.0 Å². The summed E-state index contributed by atoms with van der Waals surface area (Å²) in [6, 6.07) is 5.10. The van der Waals surface area contributed by atoms with E-state index in [0.717, 1.165) is 11.3 Å². The molecule has 20 heavy (non-hydrogen) atoms. The summed E-state index contributed by atoms with van der Waals surface area (Å²) in [4.78, 5) is 24.4. The van der Waals surface area contributed by atoms with Crippen molar-refractivity contribution in [3.63, 3.8) is 0 Å². The molecule has 1 heterocycles. The molecule has 1 unspecified atom stereocenters. The van der Waals surface area contributed by atoms with Gasteiger partial charge in [0.2, 0.25) is 0 Å². The van der Waals surface area contributed by atoms with Gasteiger partial charge in [-0.1, -0.05) is 0 Å². The normalized spacial score (nSPS) is 17.9. The first kappa shape index (κ1) is 14.2. The van der Waals surface area contributed by atoms with Crippen LogP contribution in [-0.2, 0) is 4.79 Å². The van der Waals surface area contributed by atoms with E-state index in [4.69, 9.17) is 9.84 Å². The minimum Gasteiger partial charge on any atom is -0.496 e. The van der Waals surface area contributed by atoms with Crippen LogP contribution in [0.5, 0.6) is 5.75 Å². The van der Waals surface area contributed by atoms with Crippen LogP contribution in [0.1, 0.15) is 12.0 Å². The zero-order valence-corrected chi connectivity index (χ0v) is 11.5. The molecule has 0 aromatic heterocycles. The Morgan fingerprint density at radius 2 is 2.20 bits per heavy atom. The van der Waals surface area contributed by atoms with Gasteiger partial charge in [-0.2, -0.15) is 0 Å². The Labute approximate surface area is 117 Å². The van der Waals surface area contributed by atoms with E-state index < -0.39 is 11.9 Å². The summed E-state index contributed by atoms with van der Waals surface area (Å²) in [5.41, 5.74) is 1.60. The number of carbonyl (C=O) groups excluding carboxylic acids is 1. The summed E-state index contributed by atoms with van der Waals surface area (Å²) in [5.74, 6) is -0.547. The lowest BCUT2D eigenvalue weighted by molar-refractivity contribution is -0.141. The fourth-order valence-corrected chi connectivity index (χ4v) is 2.31. The van der Waals surface area contributed by atoms with Crippen molar-refractivity contribution in [1.29, 1.82) is 0 Å². The molecule has 0 radical (unpaired) electrons. The standard InChI is InChI=1S/C14H18N2O4/c1-9-7-11(3-4-12(9)20-2)15-14(19)16-6-5-10(8-16)13(17)18/h3-4,7,10H,5-6,8H2,1-2H3,(H,15,19)(H,17,18). The van der Waals surface area contributed by atoms with Crippen molar-refractivity contribution in [2.24, 2.45) is 5.92 Å². The zero-order valence-electron chi connectivity index (χ0n) is 11.5. The number of hydrogen-bond donors (Lipinski definition) is 2. The van der Waals surface area contributed by atoms with Crippen molar-refractivity contribution >= 4 is 17.7 Å². The Hall–Kier alpha value is -2.24. The van der Waals surface area contributed by atoms with Crippen LogP contribution < -0.4 is 10.1 Å². The van der Waals surface area contributed by atoms with E-state index in [9.17, 15) is 9.59 Å².